The van der Waals surface area contributed by atoms with Crippen molar-refractivity contribution in [3.8, 4) is 0 Å². The number of halogens is 1. The number of rotatable bonds is 3. The predicted octanol–water partition coefficient (Wildman–Crippen LogP) is 2.46. The Bertz CT molecular complexity index is 147. The molecule has 50 valence electrons. The molecule has 0 amide bonds. The van der Waals surface area contributed by atoms with Crippen molar-refractivity contribution in [2.45, 2.75) is 13.3 Å². The average molecular weight is 127 g/mol. The third-order valence-corrected chi connectivity index (χ3v) is 0.981. The summed E-state index contributed by atoms with van der Waals surface area (Å²) in [5.41, 5.74) is 0.366. The molecule has 0 aliphatic rings. The molecule has 9 heavy (non-hydrogen) atoms. The Morgan fingerprint density at radius 3 is 2.44 bits per heavy atom. The lowest BCUT2D eigenvalue weighted by Crippen LogP contribution is -1.76. The van der Waals surface area contributed by atoms with Crippen LogP contribution < -0.4 is 0 Å². The minimum atomic E-state index is -0.382. The summed E-state index contributed by atoms with van der Waals surface area (Å²) in [6, 6.07) is 0. The van der Waals surface area contributed by atoms with E-state index in [4.69, 9.17) is 0 Å². The summed E-state index contributed by atoms with van der Waals surface area (Å²) >= 11 is 0. The van der Waals surface area contributed by atoms with Crippen LogP contribution >= 0.6 is 0 Å². The Morgan fingerprint density at radius 2 is 2.33 bits per heavy atom. The number of aliphatic imine (C=N–C) groups is 1. The van der Waals surface area contributed by atoms with E-state index in [1.807, 2.05) is 6.92 Å². The molecule has 0 saturated carbocycles. The van der Waals surface area contributed by atoms with Crippen LogP contribution in [0.5, 0.6) is 0 Å². The van der Waals surface area contributed by atoms with Gasteiger partial charge in [-0.3, -0.25) is 4.99 Å². The van der Waals surface area contributed by atoms with Crippen molar-refractivity contribution < 1.29 is 4.39 Å². The molecular weight excluding hydrogens is 117 g/mol. The quantitative estimate of drug-likeness (QED) is 0.408. The highest BCUT2D eigenvalue weighted by molar-refractivity contribution is 5.31. The van der Waals surface area contributed by atoms with Gasteiger partial charge in [0.05, 0.1) is 5.70 Å². The van der Waals surface area contributed by atoms with Crippen molar-refractivity contribution >= 4 is 6.72 Å². The van der Waals surface area contributed by atoms with Crippen LogP contribution in [0.3, 0.4) is 0 Å². The average Bonchev–Trinajstić information content (AvgIpc) is 1.90. The second-order valence-corrected chi connectivity index (χ2v) is 1.51. The van der Waals surface area contributed by atoms with Crippen molar-refractivity contribution in [1.29, 1.82) is 0 Å². The molecule has 0 N–H and O–H groups in total. The molecule has 0 aliphatic carbocycles. The number of hydrogen-bond acceptors (Lipinski definition) is 1. The summed E-state index contributed by atoms with van der Waals surface area (Å²) in [4.78, 5) is 3.46. The molecule has 0 unspecified atom stereocenters. The van der Waals surface area contributed by atoms with Crippen LogP contribution in [-0.4, -0.2) is 6.72 Å². The largest absolute Gasteiger partial charge is 0.266 e. The maximum Gasteiger partial charge on any atom is 0.143 e. The van der Waals surface area contributed by atoms with E-state index in [-0.39, 0.29) is 5.83 Å². The lowest BCUT2D eigenvalue weighted by Gasteiger charge is -1.93. The second-order valence-electron chi connectivity index (χ2n) is 1.51. The molecule has 0 saturated heterocycles. The maximum atomic E-state index is 12.4. The van der Waals surface area contributed by atoms with Gasteiger partial charge in [-0.25, -0.2) is 4.39 Å². The monoisotopic (exact) mass is 127 g/mol. The zero-order valence-corrected chi connectivity index (χ0v) is 5.52. The van der Waals surface area contributed by atoms with Gasteiger partial charge in [0.15, 0.2) is 0 Å². The van der Waals surface area contributed by atoms with Gasteiger partial charge in [0, 0.05) is 0 Å². The number of allylic oxidation sites excluding steroid dienone is 3. The van der Waals surface area contributed by atoms with Gasteiger partial charge in [0.25, 0.3) is 0 Å². The zero-order valence-electron chi connectivity index (χ0n) is 5.52. The highest BCUT2D eigenvalue weighted by Crippen LogP contribution is 2.10. The summed E-state index contributed by atoms with van der Waals surface area (Å²) < 4.78 is 12.4. The summed E-state index contributed by atoms with van der Waals surface area (Å²) in [7, 11) is 0. The van der Waals surface area contributed by atoms with Crippen molar-refractivity contribution in [2.75, 3.05) is 0 Å². The van der Waals surface area contributed by atoms with Crippen LogP contribution in [0.1, 0.15) is 13.3 Å². The lowest BCUT2D eigenvalue weighted by molar-refractivity contribution is 0.646. The van der Waals surface area contributed by atoms with E-state index < -0.39 is 0 Å². The highest BCUT2D eigenvalue weighted by Gasteiger charge is 1.94. The summed E-state index contributed by atoms with van der Waals surface area (Å²) in [5, 5.41) is 0. The molecule has 0 aromatic rings. The van der Waals surface area contributed by atoms with E-state index in [1.54, 1.807) is 0 Å². The SMILES string of the molecule is C=C/C(F)=C(/CC)N=C. The molecule has 0 heterocycles. The van der Waals surface area contributed by atoms with Gasteiger partial charge in [-0.1, -0.05) is 13.5 Å². The summed E-state index contributed by atoms with van der Waals surface area (Å²) in [6.45, 7) is 8.27. The molecule has 0 radical (unpaired) electrons. The third kappa shape index (κ3) is 2.22. The van der Waals surface area contributed by atoms with Gasteiger partial charge in [0.1, 0.15) is 5.83 Å². The molecule has 0 bridgehead atoms. The zero-order chi connectivity index (χ0) is 7.28. The van der Waals surface area contributed by atoms with E-state index in [0.29, 0.717) is 12.1 Å². The van der Waals surface area contributed by atoms with Gasteiger partial charge >= 0.3 is 0 Å². The Labute approximate surface area is 54.6 Å². The van der Waals surface area contributed by atoms with Crippen LogP contribution in [0.4, 0.5) is 4.39 Å². The van der Waals surface area contributed by atoms with Gasteiger partial charge < -0.3 is 0 Å². The van der Waals surface area contributed by atoms with Crippen molar-refractivity contribution in [3.63, 3.8) is 0 Å². The normalized spacial score (nSPS) is 12.2. The first kappa shape index (κ1) is 8.08. The van der Waals surface area contributed by atoms with Crippen LogP contribution in [0.15, 0.2) is 29.2 Å². The third-order valence-electron chi connectivity index (χ3n) is 0.981. The summed E-state index contributed by atoms with van der Waals surface area (Å²) in [6.07, 6.45) is 1.69. The topological polar surface area (TPSA) is 12.4 Å². The van der Waals surface area contributed by atoms with Gasteiger partial charge in [0.2, 0.25) is 0 Å². The Morgan fingerprint density at radius 1 is 1.78 bits per heavy atom. The molecule has 0 aromatic heterocycles. The van der Waals surface area contributed by atoms with E-state index in [0.717, 1.165) is 6.08 Å². The Hall–Kier alpha value is -0.920. The molecule has 0 atom stereocenters. The fourth-order valence-electron chi connectivity index (χ4n) is 0.474. The second kappa shape index (κ2) is 4.01. The van der Waals surface area contributed by atoms with E-state index in [2.05, 4.69) is 18.3 Å². The predicted molar refractivity (Wildman–Crippen MR) is 38.2 cm³/mol. The van der Waals surface area contributed by atoms with Crippen LogP contribution in [0, 0.1) is 0 Å². The van der Waals surface area contributed by atoms with Crippen LogP contribution in [0.25, 0.3) is 0 Å². The molecule has 0 fully saturated rings. The van der Waals surface area contributed by atoms with Crippen LogP contribution in [-0.2, 0) is 0 Å². The first-order valence-corrected chi connectivity index (χ1v) is 2.74. The van der Waals surface area contributed by atoms with Gasteiger partial charge in [-0.05, 0) is 19.2 Å². The molecular formula is C7H10FN. The standard InChI is InChI=1S/C7H10FN/c1-4-6(8)7(5-2)9-3/h4H,1,3,5H2,2H3/b7-6+. The molecule has 0 aliphatic heterocycles. The first-order chi connectivity index (χ1) is 4.26. The molecule has 1 nitrogen and oxygen atoms in total. The molecule has 0 aromatic carbocycles. The van der Waals surface area contributed by atoms with Crippen molar-refractivity contribution in [3.05, 3.63) is 24.2 Å². The Balaban J connectivity index is 4.36. The maximum absolute atomic E-state index is 12.4. The fourth-order valence-corrected chi connectivity index (χ4v) is 0.474. The fraction of sp³-hybridized carbons (Fsp3) is 0.286. The minimum absolute atomic E-state index is 0.366. The van der Waals surface area contributed by atoms with E-state index >= 15 is 0 Å². The van der Waals surface area contributed by atoms with Crippen molar-refractivity contribution in [2.24, 2.45) is 4.99 Å². The smallest absolute Gasteiger partial charge is 0.143 e. The van der Waals surface area contributed by atoms with Gasteiger partial charge in [-0.15, -0.1) is 0 Å². The lowest BCUT2D eigenvalue weighted by atomic mass is 10.3. The first-order valence-electron chi connectivity index (χ1n) is 2.74. The molecule has 0 spiro atoms. The highest BCUT2D eigenvalue weighted by atomic mass is 19.1. The van der Waals surface area contributed by atoms with Gasteiger partial charge in [-0.2, -0.15) is 0 Å². The van der Waals surface area contributed by atoms with Crippen molar-refractivity contribution in [1.82, 2.24) is 0 Å². The number of hydrogen-bond donors (Lipinski definition) is 0. The molecule has 0 rings (SSSR count). The number of nitrogens with zero attached hydrogens (tertiary/aromatic N) is 1. The Kier molecular flexibility index (Phi) is 3.60. The van der Waals surface area contributed by atoms with Crippen LogP contribution in [0.2, 0.25) is 0 Å². The molecule has 2 heteroatoms. The summed E-state index contributed by atoms with van der Waals surface area (Å²) in [5.74, 6) is -0.382. The van der Waals surface area contributed by atoms with E-state index in [1.165, 1.54) is 0 Å². The minimum Gasteiger partial charge on any atom is -0.266 e. The van der Waals surface area contributed by atoms with E-state index in [9.17, 15) is 4.39 Å².